The van der Waals surface area contributed by atoms with Gasteiger partial charge in [0.2, 0.25) is 0 Å². The topological polar surface area (TPSA) is 26.3 Å². The molecule has 0 amide bonds. The lowest BCUT2D eigenvalue weighted by atomic mass is 10.2. The van der Waals surface area contributed by atoms with Crippen LogP contribution in [0.15, 0.2) is 0 Å². The molecule has 8 heavy (non-hydrogen) atoms. The highest BCUT2D eigenvalue weighted by Gasteiger charge is 1.98. The van der Waals surface area contributed by atoms with Gasteiger partial charge in [-0.05, 0) is 25.9 Å². The van der Waals surface area contributed by atoms with Crippen LogP contribution in [0.1, 0.15) is 26.7 Å². The third-order valence-electron chi connectivity index (χ3n) is 1.46. The average molecular weight is 116 g/mol. The Morgan fingerprint density at radius 1 is 1.38 bits per heavy atom. The number of rotatable bonds is 3. The van der Waals surface area contributed by atoms with Gasteiger partial charge in [-0.25, -0.2) is 0 Å². The summed E-state index contributed by atoms with van der Waals surface area (Å²) in [5, 5.41) is 11.6. The first-order valence-corrected chi connectivity index (χ1v) is 3.12. The van der Waals surface area contributed by atoms with E-state index >= 15 is 0 Å². The predicted octanol–water partition coefficient (Wildman–Crippen LogP) is 1.60. The van der Waals surface area contributed by atoms with Crippen LogP contribution in [0.25, 0.3) is 0 Å². The normalized spacial score (nSPS) is 11.2. The maximum absolute atomic E-state index is 10.5. The van der Waals surface area contributed by atoms with E-state index in [-0.39, 0.29) is 6.04 Å². The molecule has 0 spiro atoms. The molecule has 50 valence electrons. The molecule has 0 bridgehead atoms. The Bertz CT molecular complexity index is 50.5. The van der Waals surface area contributed by atoms with E-state index in [4.69, 9.17) is 0 Å². The van der Waals surface area contributed by atoms with Gasteiger partial charge in [0, 0.05) is 0 Å². The van der Waals surface area contributed by atoms with Crippen LogP contribution in [0.4, 0.5) is 0 Å². The number of hydrogen-bond donors (Lipinski definition) is 0. The minimum Gasteiger partial charge on any atom is -0.785 e. The van der Waals surface area contributed by atoms with E-state index in [0.29, 0.717) is 0 Å². The van der Waals surface area contributed by atoms with Crippen molar-refractivity contribution in [2.45, 2.75) is 32.7 Å². The smallest absolute Gasteiger partial charge is 0.00335 e. The molecule has 0 atom stereocenters. The zero-order chi connectivity index (χ0) is 6.57. The van der Waals surface area contributed by atoms with Crippen molar-refractivity contribution in [2.75, 3.05) is 7.05 Å². The fourth-order valence-electron chi connectivity index (χ4n) is 0.803. The molecule has 0 heterocycles. The summed E-state index contributed by atoms with van der Waals surface area (Å²) in [6, 6.07) is 0.231. The lowest BCUT2D eigenvalue weighted by Gasteiger charge is -2.31. The second-order valence-corrected chi connectivity index (χ2v) is 2.02. The first-order valence-electron chi connectivity index (χ1n) is 3.12. The van der Waals surface area contributed by atoms with Gasteiger partial charge >= 0.3 is 0 Å². The van der Waals surface area contributed by atoms with Crippen LogP contribution in [0, 0.1) is 5.21 Å². The molecule has 0 radical (unpaired) electrons. The van der Waals surface area contributed by atoms with Crippen molar-refractivity contribution in [2.24, 2.45) is 0 Å². The summed E-state index contributed by atoms with van der Waals surface area (Å²) in [5.41, 5.74) is 0. The third-order valence-corrected chi connectivity index (χ3v) is 1.46. The van der Waals surface area contributed by atoms with Gasteiger partial charge in [-0.15, -0.1) is 0 Å². The second-order valence-electron chi connectivity index (χ2n) is 2.02. The standard InChI is InChI=1S/C6H14NO/c1-4-6(5-2)7(3)8/h6H,4-5H2,1-3H3/q-1. The summed E-state index contributed by atoms with van der Waals surface area (Å²) >= 11 is 0. The number of nitrogens with zero attached hydrogens (tertiary/aromatic N) is 1. The van der Waals surface area contributed by atoms with Gasteiger partial charge < -0.3 is 10.3 Å². The van der Waals surface area contributed by atoms with Gasteiger partial charge in [0.15, 0.2) is 0 Å². The van der Waals surface area contributed by atoms with E-state index in [1.165, 1.54) is 0 Å². The monoisotopic (exact) mass is 116 g/mol. The van der Waals surface area contributed by atoms with E-state index in [0.717, 1.165) is 17.9 Å². The van der Waals surface area contributed by atoms with E-state index in [2.05, 4.69) is 0 Å². The van der Waals surface area contributed by atoms with Crippen LogP contribution in [-0.4, -0.2) is 18.2 Å². The number of hydrogen-bond acceptors (Lipinski definition) is 2. The Hall–Kier alpha value is -0.0800. The quantitative estimate of drug-likeness (QED) is 0.523. The molecule has 2 heteroatoms. The Morgan fingerprint density at radius 3 is 1.75 bits per heavy atom. The van der Waals surface area contributed by atoms with E-state index in [9.17, 15) is 5.21 Å². The molecule has 0 aliphatic heterocycles. The molecule has 0 aliphatic rings. The summed E-state index contributed by atoms with van der Waals surface area (Å²) in [5.74, 6) is 0. The molecule has 0 saturated heterocycles. The molecule has 0 saturated carbocycles. The molecule has 0 aliphatic carbocycles. The zero-order valence-corrected chi connectivity index (χ0v) is 5.85. The van der Waals surface area contributed by atoms with Crippen LogP contribution in [0.5, 0.6) is 0 Å². The van der Waals surface area contributed by atoms with Gasteiger partial charge in [-0.2, -0.15) is 0 Å². The molecular formula is C6H14NO-. The molecule has 0 aromatic rings. The lowest BCUT2D eigenvalue weighted by molar-refractivity contribution is 0.313. The van der Waals surface area contributed by atoms with Crippen molar-refractivity contribution < 1.29 is 0 Å². The summed E-state index contributed by atoms with van der Waals surface area (Å²) in [6.45, 7) is 4.06. The van der Waals surface area contributed by atoms with Gasteiger partial charge in [0.25, 0.3) is 0 Å². The van der Waals surface area contributed by atoms with Crippen LogP contribution < -0.4 is 0 Å². The Labute approximate surface area is 51.1 Å². The van der Waals surface area contributed by atoms with Gasteiger partial charge in [-0.1, -0.05) is 13.8 Å². The fourth-order valence-corrected chi connectivity index (χ4v) is 0.803. The highest BCUT2D eigenvalue weighted by atomic mass is 16.5. The zero-order valence-electron chi connectivity index (χ0n) is 5.85. The van der Waals surface area contributed by atoms with Crippen LogP contribution >= 0.6 is 0 Å². The van der Waals surface area contributed by atoms with E-state index < -0.39 is 0 Å². The summed E-state index contributed by atoms with van der Waals surface area (Å²) in [7, 11) is 1.58. The van der Waals surface area contributed by atoms with Crippen molar-refractivity contribution in [3.05, 3.63) is 5.21 Å². The highest BCUT2D eigenvalue weighted by Crippen LogP contribution is 2.02. The Balaban J connectivity index is 3.35. The summed E-state index contributed by atoms with van der Waals surface area (Å²) < 4.78 is 0. The van der Waals surface area contributed by atoms with Crippen LogP contribution in [-0.2, 0) is 0 Å². The molecular weight excluding hydrogens is 102 g/mol. The Kier molecular flexibility index (Phi) is 3.83. The lowest BCUT2D eigenvalue weighted by Crippen LogP contribution is -2.24. The maximum atomic E-state index is 10.5. The first-order chi connectivity index (χ1) is 3.72. The average Bonchev–Trinajstić information content (AvgIpc) is 1.69. The molecule has 0 rings (SSSR count). The van der Waals surface area contributed by atoms with Crippen LogP contribution in [0.3, 0.4) is 0 Å². The first kappa shape index (κ1) is 7.92. The van der Waals surface area contributed by atoms with Gasteiger partial charge in [0.05, 0.1) is 0 Å². The summed E-state index contributed by atoms with van der Waals surface area (Å²) in [4.78, 5) is 0. The Morgan fingerprint density at radius 2 is 1.75 bits per heavy atom. The van der Waals surface area contributed by atoms with Crippen LogP contribution in [0.2, 0.25) is 0 Å². The van der Waals surface area contributed by atoms with E-state index in [1.807, 2.05) is 13.8 Å². The van der Waals surface area contributed by atoms with Crippen molar-refractivity contribution >= 4 is 0 Å². The van der Waals surface area contributed by atoms with Gasteiger partial charge in [0.1, 0.15) is 0 Å². The highest BCUT2D eigenvalue weighted by molar-refractivity contribution is 4.63. The maximum Gasteiger partial charge on any atom is -0.00335 e. The molecule has 0 aromatic heterocycles. The predicted molar refractivity (Wildman–Crippen MR) is 35.5 cm³/mol. The minimum atomic E-state index is 0.231. The van der Waals surface area contributed by atoms with Gasteiger partial charge in [-0.3, -0.25) is 0 Å². The number of hydroxylamine groups is 2. The molecule has 0 fully saturated rings. The second kappa shape index (κ2) is 3.87. The molecule has 0 unspecified atom stereocenters. The molecule has 0 aromatic carbocycles. The molecule has 2 nitrogen and oxygen atoms in total. The van der Waals surface area contributed by atoms with Crippen molar-refractivity contribution in [3.63, 3.8) is 0 Å². The fraction of sp³-hybridized carbons (Fsp3) is 1.00. The van der Waals surface area contributed by atoms with Crippen molar-refractivity contribution in [1.29, 1.82) is 0 Å². The van der Waals surface area contributed by atoms with Crippen molar-refractivity contribution in [1.82, 2.24) is 5.06 Å². The largest absolute Gasteiger partial charge is 0.785 e. The SMILES string of the molecule is CCC(CC)N(C)[O-]. The minimum absolute atomic E-state index is 0.231. The van der Waals surface area contributed by atoms with Crippen molar-refractivity contribution in [3.8, 4) is 0 Å². The summed E-state index contributed by atoms with van der Waals surface area (Å²) in [6.07, 6.45) is 1.91. The third kappa shape index (κ3) is 2.28. The van der Waals surface area contributed by atoms with E-state index in [1.54, 1.807) is 7.05 Å². The molecule has 0 N–H and O–H groups in total.